The molecule has 0 aliphatic rings. The van der Waals surface area contributed by atoms with Crippen LogP contribution in [0.25, 0.3) is 16.6 Å². The predicted octanol–water partition coefficient (Wildman–Crippen LogP) is 4.46. The van der Waals surface area contributed by atoms with Gasteiger partial charge in [0.1, 0.15) is 23.1 Å². The van der Waals surface area contributed by atoms with E-state index >= 15 is 0 Å². The van der Waals surface area contributed by atoms with Crippen molar-refractivity contribution < 1.29 is 19.0 Å². The highest BCUT2D eigenvalue weighted by Gasteiger charge is 2.20. The van der Waals surface area contributed by atoms with Gasteiger partial charge >= 0.3 is 11.7 Å². The Morgan fingerprint density at radius 3 is 2.55 bits per heavy atom. The zero-order chi connectivity index (χ0) is 22.3. The molecule has 2 aromatic carbocycles. The minimum Gasteiger partial charge on any atom is -0.489 e. The Hall–Kier alpha value is -3.14. The molecular weight excluding hydrogens is 470 g/mol. The Bertz CT molecular complexity index is 1440. The molecule has 2 N–H and O–H groups in total. The van der Waals surface area contributed by atoms with E-state index in [2.05, 4.69) is 4.98 Å². The van der Waals surface area contributed by atoms with Gasteiger partial charge in [0.2, 0.25) is 0 Å². The second kappa shape index (κ2) is 8.18. The van der Waals surface area contributed by atoms with E-state index < -0.39 is 23.0 Å². The number of H-pyrrole nitrogens is 1. The molecular formula is C20H11Cl2FN2O5S. The first kappa shape index (κ1) is 21.1. The number of halogens is 3. The van der Waals surface area contributed by atoms with Crippen molar-refractivity contribution in [3.8, 4) is 11.4 Å². The van der Waals surface area contributed by atoms with Crippen LogP contribution < -0.4 is 16.0 Å². The number of hydrogen-bond donors (Lipinski definition) is 2. The van der Waals surface area contributed by atoms with Crippen LogP contribution in [0.4, 0.5) is 4.39 Å². The third-order valence-corrected chi connectivity index (χ3v) is 5.74. The normalized spacial score (nSPS) is 11.1. The van der Waals surface area contributed by atoms with Crippen LogP contribution in [0.2, 0.25) is 10.0 Å². The quantitative estimate of drug-likeness (QED) is 0.438. The molecule has 0 radical (unpaired) electrons. The van der Waals surface area contributed by atoms with Crippen molar-refractivity contribution >= 4 is 51.4 Å². The Morgan fingerprint density at radius 1 is 1.16 bits per heavy atom. The monoisotopic (exact) mass is 480 g/mol. The number of fused-ring (bicyclic) bond motifs is 1. The molecule has 0 bridgehead atoms. The van der Waals surface area contributed by atoms with Gasteiger partial charge in [-0.15, -0.1) is 11.3 Å². The fourth-order valence-corrected chi connectivity index (χ4v) is 4.43. The van der Waals surface area contributed by atoms with Gasteiger partial charge in [0.15, 0.2) is 0 Å². The first-order chi connectivity index (χ1) is 14.7. The van der Waals surface area contributed by atoms with Crippen molar-refractivity contribution in [2.24, 2.45) is 0 Å². The number of rotatable bonds is 5. The number of nitrogens with zero attached hydrogens (tertiary/aromatic N) is 1. The number of aromatic nitrogens is 2. The molecule has 0 unspecified atom stereocenters. The Kier molecular flexibility index (Phi) is 5.57. The third kappa shape index (κ3) is 4.07. The molecule has 4 rings (SSSR count). The third-order valence-electron chi connectivity index (χ3n) is 4.33. The number of ether oxygens (including phenoxy) is 1. The van der Waals surface area contributed by atoms with Crippen LogP contribution in [0, 0.1) is 5.82 Å². The molecule has 0 aliphatic carbocycles. The second-order valence-electron chi connectivity index (χ2n) is 6.41. The Labute approximate surface area is 186 Å². The van der Waals surface area contributed by atoms with E-state index in [1.165, 1.54) is 17.5 Å². The molecule has 0 atom stereocenters. The molecule has 2 aromatic heterocycles. The van der Waals surface area contributed by atoms with Crippen LogP contribution in [0.15, 0.2) is 51.4 Å². The number of aromatic amines is 1. The number of nitrogens with one attached hydrogen (secondary N) is 1. The summed E-state index contributed by atoms with van der Waals surface area (Å²) in [6.45, 7) is 0.0450. The largest absolute Gasteiger partial charge is 0.489 e. The maximum atomic E-state index is 14.6. The van der Waals surface area contributed by atoms with Crippen molar-refractivity contribution in [1.82, 2.24) is 9.55 Å². The van der Waals surface area contributed by atoms with E-state index in [9.17, 15) is 23.9 Å². The van der Waals surface area contributed by atoms with Crippen LogP contribution in [-0.2, 0) is 6.61 Å². The fourth-order valence-electron chi connectivity index (χ4n) is 3.03. The summed E-state index contributed by atoms with van der Waals surface area (Å²) in [6.07, 6.45) is 0. The molecule has 0 saturated heterocycles. The predicted molar refractivity (Wildman–Crippen MR) is 116 cm³/mol. The standard InChI is InChI=1S/C20H11Cl2FN2O5S/c21-10-3-9(4-11(22)5-10)7-30-12-1-2-13(23)15(6-12)25-18(26)16-14(24-20(25)29)8-31-17(16)19(27)28/h1-6,8H,7H2,(H,24,29)(H,27,28). The van der Waals surface area contributed by atoms with Crippen molar-refractivity contribution in [3.05, 3.63) is 88.9 Å². The van der Waals surface area contributed by atoms with Gasteiger partial charge in [-0.3, -0.25) is 4.79 Å². The summed E-state index contributed by atoms with van der Waals surface area (Å²) in [6, 6.07) is 8.40. The van der Waals surface area contributed by atoms with Crippen molar-refractivity contribution in [2.45, 2.75) is 6.61 Å². The van der Waals surface area contributed by atoms with E-state index in [1.807, 2.05) is 0 Å². The number of aromatic carboxylic acids is 1. The van der Waals surface area contributed by atoms with Gasteiger partial charge in [0.05, 0.1) is 16.6 Å². The van der Waals surface area contributed by atoms with Crippen molar-refractivity contribution in [1.29, 1.82) is 0 Å². The highest BCUT2D eigenvalue weighted by molar-refractivity contribution is 7.13. The molecule has 0 saturated carbocycles. The molecule has 0 amide bonds. The second-order valence-corrected chi connectivity index (χ2v) is 8.16. The fraction of sp³-hybridized carbons (Fsp3) is 0.0500. The Morgan fingerprint density at radius 2 is 1.87 bits per heavy atom. The summed E-state index contributed by atoms with van der Waals surface area (Å²) in [7, 11) is 0. The highest BCUT2D eigenvalue weighted by atomic mass is 35.5. The lowest BCUT2D eigenvalue weighted by molar-refractivity contribution is 0.0704. The first-order valence-electron chi connectivity index (χ1n) is 8.62. The smallest absolute Gasteiger partial charge is 0.346 e. The maximum absolute atomic E-state index is 14.6. The minimum atomic E-state index is -1.33. The van der Waals surface area contributed by atoms with E-state index in [1.54, 1.807) is 18.2 Å². The molecule has 31 heavy (non-hydrogen) atoms. The molecule has 0 aliphatic heterocycles. The van der Waals surface area contributed by atoms with Gasteiger partial charge in [0, 0.05) is 21.5 Å². The SMILES string of the molecule is O=C(O)c1scc2[nH]c(=O)n(-c3cc(OCc4cc(Cl)cc(Cl)c4)ccc3F)c(=O)c12. The van der Waals surface area contributed by atoms with Crippen LogP contribution in [-0.4, -0.2) is 20.6 Å². The van der Waals surface area contributed by atoms with Gasteiger partial charge in [0.25, 0.3) is 5.56 Å². The number of thiophene rings is 1. The lowest BCUT2D eigenvalue weighted by atomic mass is 10.2. The number of benzene rings is 2. The molecule has 158 valence electrons. The van der Waals surface area contributed by atoms with Gasteiger partial charge in [-0.05, 0) is 35.9 Å². The van der Waals surface area contributed by atoms with Gasteiger partial charge in [-0.25, -0.2) is 18.5 Å². The maximum Gasteiger partial charge on any atom is 0.346 e. The summed E-state index contributed by atoms with van der Waals surface area (Å²) in [4.78, 5) is 38.9. The van der Waals surface area contributed by atoms with Gasteiger partial charge in [-0.2, -0.15) is 0 Å². The van der Waals surface area contributed by atoms with Gasteiger partial charge < -0.3 is 14.8 Å². The summed E-state index contributed by atoms with van der Waals surface area (Å²) in [5, 5.41) is 11.3. The van der Waals surface area contributed by atoms with Crippen LogP contribution in [0.1, 0.15) is 15.2 Å². The van der Waals surface area contributed by atoms with E-state index in [4.69, 9.17) is 27.9 Å². The summed E-state index contributed by atoms with van der Waals surface area (Å²) < 4.78 is 20.7. The summed E-state index contributed by atoms with van der Waals surface area (Å²) in [5.41, 5.74) is -1.51. The molecule has 0 spiro atoms. The van der Waals surface area contributed by atoms with E-state index in [-0.39, 0.29) is 33.8 Å². The lowest BCUT2D eigenvalue weighted by Crippen LogP contribution is -2.34. The van der Waals surface area contributed by atoms with E-state index in [0.29, 0.717) is 20.2 Å². The molecule has 2 heterocycles. The summed E-state index contributed by atoms with van der Waals surface area (Å²) in [5.74, 6) is -2.02. The molecule has 11 heteroatoms. The average Bonchev–Trinajstić information content (AvgIpc) is 3.12. The number of hydrogen-bond acceptors (Lipinski definition) is 5. The zero-order valence-electron chi connectivity index (χ0n) is 15.3. The van der Waals surface area contributed by atoms with Crippen LogP contribution in [0.3, 0.4) is 0 Å². The lowest BCUT2D eigenvalue weighted by Gasteiger charge is -2.11. The topological polar surface area (TPSA) is 101 Å². The molecule has 7 nitrogen and oxygen atoms in total. The average molecular weight is 481 g/mol. The first-order valence-corrected chi connectivity index (χ1v) is 10.3. The molecule has 4 aromatic rings. The number of carbonyl (C=O) groups is 1. The minimum absolute atomic E-state index is 0.0450. The Balaban J connectivity index is 1.77. The summed E-state index contributed by atoms with van der Waals surface area (Å²) >= 11 is 12.7. The van der Waals surface area contributed by atoms with Crippen molar-refractivity contribution in [3.63, 3.8) is 0 Å². The number of carboxylic acid groups (broad SMARTS) is 1. The zero-order valence-corrected chi connectivity index (χ0v) is 17.6. The van der Waals surface area contributed by atoms with Crippen molar-refractivity contribution in [2.75, 3.05) is 0 Å². The highest BCUT2D eigenvalue weighted by Crippen LogP contribution is 2.24. The van der Waals surface area contributed by atoms with Crippen LogP contribution in [0.5, 0.6) is 5.75 Å². The van der Waals surface area contributed by atoms with Crippen LogP contribution >= 0.6 is 34.5 Å². The van der Waals surface area contributed by atoms with Gasteiger partial charge in [-0.1, -0.05) is 23.2 Å². The number of carboxylic acids is 1. The molecule has 0 fully saturated rings. The van der Waals surface area contributed by atoms with E-state index in [0.717, 1.165) is 17.4 Å².